The zero-order valence-corrected chi connectivity index (χ0v) is 6.76. The lowest BCUT2D eigenvalue weighted by molar-refractivity contribution is -0.133. The molecule has 1 amide bonds. The van der Waals surface area contributed by atoms with Crippen molar-refractivity contribution in [3.8, 4) is 0 Å². The maximum Gasteiger partial charge on any atom is 0.222 e. The highest BCUT2D eigenvalue weighted by Gasteiger charge is 2.21. The first-order valence-corrected chi connectivity index (χ1v) is 3.98. The quantitative estimate of drug-likeness (QED) is 0.538. The minimum atomic E-state index is 0.318. The summed E-state index contributed by atoms with van der Waals surface area (Å²) in [5, 5.41) is 0. The molecule has 1 aliphatic rings. The number of likely N-dealkylation sites (tertiary alicyclic amines) is 1. The molecule has 0 radical (unpaired) electrons. The zero-order valence-electron chi connectivity index (χ0n) is 6.76. The van der Waals surface area contributed by atoms with E-state index in [1.807, 2.05) is 11.9 Å². The molecule has 1 heterocycles. The number of piperidine rings is 1. The highest BCUT2D eigenvalue weighted by atomic mass is 16.2. The molecule has 0 bridgehead atoms. The minimum absolute atomic E-state index is 0.318. The maximum absolute atomic E-state index is 11.1. The number of rotatable bonds is 1. The molecule has 0 unspecified atom stereocenters. The standard InChI is InChI=1S/C8H15NO/c1-3-7-4-5-9(2)8(10)6-7/h7H,3-6H2,1-2H3/t7-/m1/s1. The molecule has 10 heavy (non-hydrogen) atoms. The van der Waals surface area contributed by atoms with Gasteiger partial charge in [0.2, 0.25) is 5.91 Å². The van der Waals surface area contributed by atoms with Crippen LogP contribution in [0.15, 0.2) is 0 Å². The second kappa shape index (κ2) is 3.04. The van der Waals surface area contributed by atoms with Crippen molar-refractivity contribution in [2.75, 3.05) is 13.6 Å². The summed E-state index contributed by atoms with van der Waals surface area (Å²) in [6.45, 7) is 3.11. The second-order valence-corrected chi connectivity index (χ2v) is 3.08. The number of amides is 1. The van der Waals surface area contributed by atoms with Crippen LogP contribution in [0.1, 0.15) is 26.2 Å². The largest absolute Gasteiger partial charge is 0.346 e. The Kier molecular flexibility index (Phi) is 2.30. The van der Waals surface area contributed by atoms with Gasteiger partial charge in [0.05, 0.1) is 0 Å². The van der Waals surface area contributed by atoms with Gasteiger partial charge in [-0.2, -0.15) is 0 Å². The van der Waals surface area contributed by atoms with Gasteiger partial charge < -0.3 is 4.90 Å². The van der Waals surface area contributed by atoms with Crippen LogP contribution in [0.2, 0.25) is 0 Å². The fourth-order valence-electron chi connectivity index (χ4n) is 1.35. The summed E-state index contributed by atoms with van der Waals surface area (Å²) in [5.74, 6) is 0.974. The fraction of sp³-hybridized carbons (Fsp3) is 0.875. The lowest BCUT2D eigenvalue weighted by Gasteiger charge is -2.27. The lowest BCUT2D eigenvalue weighted by Crippen LogP contribution is -2.35. The first-order chi connectivity index (χ1) is 4.74. The van der Waals surface area contributed by atoms with Gasteiger partial charge in [-0.05, 0) is 12.3 Å². The van der Waals surface area contributed by atoms with E-state index in [1.54, 1.807) is 0 Å². The summed E-state index contributed by atoms with van der Waals surface area (Å²) >= 11 is 0. The number of hydrogen-bond acceptors (Lipinski definition) is 1. The molecule has 0 aromatic heterocycles. The average molecular weight is 141 g/mol. The predicted molar refractivity (Wildman–Crippen MR) is 40.7 cm³/mol. The number of carbonyl (C=O) groups is 1. The SMILES string of the molecule is CC[C@@H]1CCN(C)C(=O)C1. The van der Waals surface area contributed by atoms with Crippen LogP contribution in [0.25, 0.3) is 0 Å². The van der Waals surface area contributed by atoms with Crippen molar-refractivity contribution in [1.29, 1.82) is 0 Å². The third-order valence-corrected chi connectivity index (χ3v) is 2.34. The highest BCUT2D eigenvalue weighted by molar-refractivity contribution is 5.76. The Morgan fingerprint density at radius 1 is 1.70 bits per heavy atom. The minimum Gasteiger partial charge on any atom is -0.346 e. The molecule has 0 saturated carbocycles. The number of nitrogens with zero attached hydrogens (tertiary/aromatic N) is 1. The molecule has 1 fully saturated rings. The normalized spacial score (nSPS) is 27.2. The van der Waals surface area contributed by atoms with Crippen molar-refractivity contribution >= 4 is 5.91 Å². The van der Waals surface area contributed by atoms with Gasteiger partial charge in [-0.1, -0.05) is 13.3 Å². The summed E-state index contributed by atoms with van der Waals surface area (Å²) < 4.78 is 0. The van der Waals surface area contributed by atoms with E-state index in [9.17, 15) is 4.79 Å². The van der Waals surface area contributed by atoms with Gasteiger partial charge in [0.15, 0.2) is 0 Å². The van der Waals surface area contributed by atoms with E-state index >= 15 is 0 Å². The Morgan fingerprint density at radius 2 is 2.40 bits per heavy atom. The molecule has 1 saturated heterocycles. The van der Waals surface area contributed by atoms with E-state index in [0.717, 1.165) is 19.4 Å². The molecule has 0 aromatic carbocycles. The van der Waals surface area contributed by atoms with Crippen LogP contribution in [0.5, 0.6) is 0 Å². The van der Waals surface area contributed by atoms with Gasteiger partial charge in [0.1, 0.15) is 0 Å². The summed E-state index contributed by atoms with van der Waals surface area (Å²) in [5.41, 5.74) is 0. The molecule has 1 aliphatic heterocycles. The van der Waals surface area contributed by atoms with Crippen LogP contribution < -0.4 is 0 Å². The second-order valence-electron chi connectivity index (χ2n) is 3.08. The van der Waals surface area contributed by atoms with E-state index < -0.39 is 0 Å². The van der Waals surface area contributed by atoms with E-state index in [2.05, 4.69) is 6.92 Å². The molecule has 1 rings (SSSR count). The molecule has 0 aromatic rings. The van der Waals surface area contributed by atoms with Crippen molar-refractivity contribution < 1.29 is 4.79 Å². The van der Waals surface area contributed by atoms with Crippen LogP contribution in [-0.4, -0.2) is 24.4 Å². The van der Waals surface area contributed by atoms with Gasteiger partial charge in [0, 0.05) is 20.0 Å². The Labute approximate surface area is 62.2 Å². The van der Waals surface area contributed by atoms with Crippen molar-refractivity contribution in [3.05, 3.63) is 0 Å². The molecule has 58 valence electrons. The van der Waals surface area contributed by atoms with E-state index in [-0.39, 0.29) is 0 Å². The van der Waals surface area contributed by atoms with Crippen LogP contribution >= 0.6 is 0 Å². The average Bonchev–Trinajstić information content (AvgIpc) is 1.95. The summed E-state index contributed by atoms with van der Waals surface area (Å²) in [6.07, 6.45) is 3.12. The van der Waals surface area contributed by atoms with Gasteiger partial charge in [-0.15, -0.1) is 0 Å². The van der Waals surface area contributed by atoms with Crippen molar-refractivity contribution in [2.24, 2.45) is 5.92 Å². The van der Waals surface area contributed by atoms with Crippen molar-refractivity contribution in [1.82, 2.24) is 4.90 Å². The van der Waals surface area contributed by atoms with Crippen LogP contribution in [0.4, 0.5) is 0 Å². The molecule has 0 N–H and O–H groups in total. The van der Waals surface area contributed by atoms with Crippen LogP contribution in [0.3, 0.4) is 0 Å². The third-order valence-electron chi connectivity index (χ3n) is 2.34. The molecule has 2 nitrogen and oxygen atoms in total. The first kappa shape index (κ1) is 7.58. The van der Waals surface area contributed by atoms with Crippen LogP contribution in [0, 0.1) is 5.92 Å². The van der Waals surface area contributed by atoms with Gasteiger partial charge in [0.25, 0.3) is 0 Å². The fourth-order valence-corrected chi connectivity index (χ4v) is 1.35. The number of hydrogen-bond donors (Lipinski definition) is 0. The first-order valence-electron chi connectivity index (χ1n) is 3.98. The van der Waals surface area contributed by atoms with E-state index in [4.69, 9.17) is 0 Å². The highest BCUT2D eigenvalue weighted by Crippen LogP contribution is 2.19. The van der Waals surface area contributed by atoms with Gasteiger partial charge in [-0.3, -0.25) is 4.79 Å². The molecule has 2 heteroatoms. The Bertz CT molecular complexity index is 133. The molecule has 0 spiro atoms. The van der Waals surface area contributed by atoms with Gasteiger partial charge in [-0.25, -0.2) is 0 Å². The predicted octanol–water partition coefficient (Wildman–Crippen LogP) is 1.26. The molecule has 0 aliphatic carbocycles. The van der Waals surface area contributed by atoms with E-state index in [1.165, 1.54) is 6.42 Å². The Hall–Kier alpha value is -0.530. The van der Waals surface area contributed by atoms with Gasteiger partial charge >= 0.3 is 0 Å². The van der Waals surface area contributed by atoms with E-state index in [0.29, 0.717) is 11.8 Å². The Morgan fingerprint density at radius 3 is 2.90 bits per heavy atom. The summed E-state index contributed by atoms with van der Waals surface area (Å²) in [4.78, 5) is 12.9. The molecular formula is C8H15NO. The summed E-state index contributed by atoms with van der Waals surface area (Å²) in [6, 6.07) is 0. The number of carbonyl (C=O) groups excluding carboxylic acids is 1. The molecule has 1 atom stereocenters. The monoisotopic (exact) mass is 141 g/mol. The third kappa shape index (κ3) is 1.49. The Balaban J connectivity index is 2.41. The smallest absolute Gasteiger partial charge is 0.222 e. The topological polar surface area (TPSA) is 20.3 Å². The van der Waals surface area contributed by atoms with Crippen molar-refractivity contribution in [3.63, 3.8) is 0 Å². The lowest BCUT2D eigenvalue weighted by atomic mass is 9.94. The summed E-state index contributed by atoms with van der Waals surface area (Å²) in [7, 11) is 1.88. The zero-order chi connectivity index (χ0) is 7.56. The van der Waals surface area contributed by atoms with Crippen molar-refractivity contribution in [2.45, 2.75) is 26.2 Å². The maximum atomic E-state index is 11.1. The molecular weight excluding hydrogens is 126 g/mol. The van der Waals surface area contributed by atoms with Crippen LogP contribution in [-0.2, 0) is 4.79 Å².